The van der Waals surface area contributed by atoms with Gasteiger partial charge in [-0.05, 0) is 44.1 Å². The molecule has 2 rings (SSSR count). The molecule has 1 aromatic rings. The first-order valence-corrected chi connectivity index (χ1v) is 7.00. The van der Waals surface area contributed by atoms with Crippen LogP contribution < -0.4 is 15.8 Å². The summed E-state index contributed by atoms with van der Waals surface area (Å²) < 4.78 is 0. The van der Waals surface area contributed by atoms with Gasteiger partial charge in [-0.3, -0.25) is 5.01 Å². The molecule has 1 aliphatic heterocycles. The van der Waals surface area contributed by atoms with E-state index >= 15 is 0 Å². The summed E-state index contributed by atoms with van der Waals surface area (Å²) in [5.74, 6) is 0. The van der Waals surface area contributed by atoms with Crippen LogP contribution in [0.4, 0.5) is 5.69 Å². The van der Waals surface area contributed by atoms with E-state index in [2.05, 4.69) is 36.7 Å². The number of nitrogens with zero attached hydrogens (tertiary/aromatic N) is 1. The van der Waals surface area contributed by atoms with Crippen LogP contribution in [0.25, 0.3) is 0 Å². The van der Waals surface area contributed by atoms with Gasteiger partial charge in [-0.2, -0.15) is 0 Å². The summed E-state index contributed by atoms with van der Waals surface area (Å²) in [5.41, 5.74) is 4.43. The van der Waals surface area contributed by atoms with Gasteiger partial charge in [-0.25, -0.2) is 5.43 Å². The predicted octanol–water partition coefficient (Wildman–Crippen LogP) is 3.18. The molecule has 3 nitrogen and oxygen atoms in total. The van der Waals surface area contributed by atoms with E-state index in [1.165, 1.54) is 19.3 Å². The maximum absolute atomic E-state index is 5.40. The molecular weight excluding hydrogens is 242 g/mol. The fourth-order valence-corrected chi connectivity index (χ4v) is 2.60. The van der Waals surface area contributed by atoms with Crippen LogP contribution in [0.2, 0.25) is 0 Å². The number of rotatable bonds is 5. The lowest BCUT2D eigenvalue weighted by Crippen LogP contribution is -2.48. The third-order valence-corrected chi connectivity index (χ3v) is 3.52. The first-order valence-electron chi connectivity index (χ1n) is 6.60. The lowest BCUT2D eigenvalue weighted by atomic mass is 10.1. The van der Waals surface area contributed by atoms with Crippen LogP contribution in [0.5, 0.6) is 0 Å². The highest BCUT2D eigenvalue weighted by atomic mass is 32.1. The van der Waals surface area contributed by atoms with Gasteiger partial charge in [0.2, 0.25) is 0 Å². The fourth-order valence-electron chi connectivity index (χ4n) is 2.22. The molecule has 0 unspecified atom stereocenters. The number of hydrazine groups is 1. The molecule has 1 heterocycles. The topological polar surface area (TPSA) is 27.3 Å². The Labute approximate surface area is 115 Å². The average Bonchev–Trinajstić information content (AvgIpc) is 2.67. The van der Waals surface area contributed by atoms with Crippen molar-refractivity contribution in [1.82, 2.24) is 10.7 Å². The second-order valence-electron chi connectivity index (χ2n) is 5.00. The van der Waals surface area contributed by atoms with E-state index in [9.17, 15) is 0 Å². The standard InChI is InChI=1S/C14H21N3S/c1-3-4-8-11-14(2)15-13(18)17(16-14)12-9-6-5-7-10-12/h5-7,9-10,16H,3-4,8,11H2,1-2H3,(H,15,18)/t14-/m0/s1. The molecule has 0 amide bonds. The lowest BCUT2D eigenvalue weighted by Gasteiger charge is -2.25. The van der Waals surface area contributed by atoms with Crippen LogP contribution >= 0.6 is 12.2 Å². The summed E-state index contributed by atoms with van der Waals surface area (Å²) in [7, 11) is 0. The summed E-state index contributed by atoms with van der Waals surface area (Å²) in [6, 6.07) is 10.2. The minimum Gasteiger partial charge on any atom is -0.342 e. The molecule has 1 aromatic carbocycles. The van der Waals surface area contributed by atoms with Gasteiger partial charge in [0.25, 0.3) is 0 Å². The van der Waals surface area contributed by atoms with E-state index < -0.39 is 0 Å². The quantitative estimate of drug-likeness (QED) is 0.630. The van der Waals surface area contributed by atoms with E-state index in [0.717, 1.165) is 17.2 Å². The molecular formula is C14H21N3S. The number of para-hydroxylation sites is 1. The van der Waals surface area contributed by atoms with Gasteiger partial charge in [0.1, 0.15) is 5.66 Å². The maximum Gasteiger partial charge on any atom is 0.189 e. The Balaban J connectivity index is 2.02. The minimum atomic E-state index is -0.123. The van der Waals surface area contributed by atoms with Crippen molar-refractivity contribution in [2.75, 3.05) is 5.01 Å². The molecule has 0 aliphatic carbocycles. The minimum absolute atomic E-state index is 0.123. The average molecular weight is 263 g/mol. The zero-order valence-electron chi connectivity index (χ0n) is 11.1. The van der Waals surface area contributed by atoms with Gasteiger partial charge >= 0.3 is 0 Å². The molecule has 0 radical (unpaired) electrons. The zero-order valence-corrected chi connectivity index (χ0v) is 11.9. The van der Waals surface area contributed by atoms with E-state index in [-0.39, 0.29) is 5.66 Å². The van der Waals surface area contributed by atoms with Crippen molar-refractivity contribution in [2.45, 2.75) is 45.2 Å². The molecule has 1 fully saturated rings. The normalized spacial score (nSPS) is 23.2. The summed E-state index contributed by atoms with van der Waals surface area (Å²) in [4.78, 5) is 0. The van der Waals surface area contributed by atoms with Gasteiger partial charge in [0, 0.05) is 0 Å². The smallest absolute Gasteiger partial charge is 0.189 e. The van der Waals surface area contributed by atoms with Crippen LogP contribution in [-0.4, -0.2) is 10.8 Å². The van der Waals surface area contributed by atoms with Crippen molar-refractivity contribution in [2.24, 2.45) is 0 Å². The largest absolute Gasteiger partial charge is 0.342 e. The molecule has 0 aromatic heterocycles. The number of hydrogen-bond donors (Lipinski definition) is 2. The molecule has 4 heteroatoms. The van der Waals surface area contributed by atoms with E-state index in [0.29, 0.717) is 0 Å². The van der Waals surface area contributed by atoms with Crippen LogP contribution in [0.1, 0.15) is 39.5 Å². The van der Waals surface area contributed by atoms with Crippen molar-refractivity contribution in [3.63, 3.8) is 0 Å². The highest BCUT2D eigenvalue weighted by Crippen LogP contribution is 2.22. The molecule has 1 atom stereocenters. The second kappa shape index (κ2) is 5.67. The van der Waals surface area contributed by atoms with Gasteiger partial charge in [0.05, 0.1) is 5.69 Å². The number of unbranched alkanes of at least 4 members (excludes halogenated alkanes) is 2. The zero-order chi connectivity index (χ0) is 13.0. The molecule has 0 saturated carbocycles. The van der Waals surface area contributed by atoms with Crippen molar-refractivity contribution in [1.29, 1.82) is 0 Å². The monoisotopic (exact) mass is 263 g/mol. The fraction of sp³-hybridized carbons (Fsp3) is 0.500. The number of benzene rings is 1. The summed E-state index contributed by atoms with van der Waals surface area (Å²) in [5, 5.41) is 6.09. The summed E-state index contributed by atoms with van der Waals surface area (Å²) >= 11 is 5.40. The third kappa shape index (κ3) is 3.00. The first-order chi connectivity index (χ1) is 8.64. The van der Waals surface area contributed by atoms with Gasteiger partial charge < -0.3 is 5.32 Å². The third-order valence-electron chi connectivity index (χ3n) is 3.24. The van der Waals surface area contributed by atoms with Gasteiger partial charge in [0.15, 0.2) is 5.11 Å². The van der Waals surface area contributed by atoms with E-state index in [4.69, 9.17) is 12.2 Å². The van der Waals surface area contributed by atoms with Crippen molar-refractivity contribution in [3.05, 3.63) is 30.3 Å². The van der Waals surface area contributed by atoms with E-state index in [1.807, 2.05) is 23.2 Å². The van der Waals surface area contributed by atoms with Gasteiger partial charge in [-0.15, -0.1) is 0 Å². The lowest BCUT2D eigenvalue weighted by molar-refractivity contribution is 0.334. The van der Waals surface area contributed by atoms with Crippen LogP contribution in [-0.2, 0) is 0 Å². The van der Waals surface area contributed by atoms with Crippen molar-refractivity contribution >= 4 is 23.0 Å². The molecule has 98 valence electrons. The number of nitrogens with one attached hydrogen (secondary N) is 2. The Morgan fingerprint density at radius 1 is 1.22 bits per heavy atom. The van der Waals surface area contributed by atoms with Crippen LogP contribution in [0.3, 0.4) is 0 Å². The van der Waals surface area contributed by atoms with E-state index in [1.54, 1.807) is 0 Å². The Bertz CT molecular complexity index is 407. The Morgan fingerprint density at radius 2 is 1.94 bits per heavy atom. The predicted molar refractivity (Wildman–Crippen MR) is 80.3 cm³/mol. The van der Waals surface area contributed by atoms with Crippen LogP contribution in [0.15, 0.2) is 30.3 Å². The van der Waals surface area contributed by atoms with Crippen molar-refractivity contribution in [3.8, 4) is 0 Å². The number of anilines is 1. The molecule has 18 heavy (non-hydrogen) atoms. The Morgan fingerprint density at radius 3 is 2.61 bits per heavy atom. The molecule has 0 spiro atoms. The summed E-state index contributed by atoms with van der Waals surface area (Å²) in [6.45, 7) is 4.39. The highest BCUT2D eigenvalue weighted by molar-refractivity contribution is 7.80. The second-order valence-corrected chi connectivity index (χ2v) is 5.39. The molecule has 1 saturated heterocycles. The SMILES string of the molecule is CCCCC[C@@]1(C)NC(=S)N(c2ccccc2)N1. The molecule has 2 N–H and O–H groups in total. The molecule has 0 bridgehead atoms. The van der Waals surface area contributed by atoms with Crippen LogP contribution in [0, 0.1) is 0 Å². The van der Waals surface area contributed by atoms with Gasteiger partial charge in [-0.1, -0.05) is 38.0 Å². The first kappa shape index (κ1) is 13.3. The Kier molecular flexibility index (Phi) is 4.19. The highest BCUT2D eigenvalue weighted by Gasteiger charge is 2.35. The number of hydrogen-bond acceptors (Lipinski definition) is 2. The van der Waals surface area contributed by atoms with Crippen molar-refractivity contribution < 1.29 is 0 Å². The Hall–Kier alpha value is -1.13. The maximum atomic E-state index is 5.40. The summed E-state index contributed by atoms with van der Waals surface area (Å²) in [6.07, 6.45) is 4.78. The number of thiocarbonyl (C=S) groups is 1. The molecule has 1 aliphatic rings.